The molecule has 1 aliphatic rings. The molecular weight excluding hydrogens is 354 g/mol. The molecule has 1 N–H and O–H groups in total. The highest BCUT2D eigenvalue weighted by Crippen LogP contribution is 2.32. The monoisotopic (exact) mass is 377 g/mol. The van der Waals surface area contributed by atoms with E-state index in [0.29, 0.717) is 18.8 Å². The number of carboxylic acids is 1. The first-order valence-corrected chi connectivity index (χ1v) is 9.21. The standard InChI is InChI=1S/C22H23N3O3/c1-23(2)16-8-10-17(11-9-16)28-18-14-25(15-18)20-7-5-6-19(22(26)27)21(20)24-12-3-4-13-24/h3-13,18H,14-15H2,1-2H3,(H,26,27). The molecule has 0 unspecified atom stereocenters. The number of rotatable bonds is 6. The van der Waals surface area contributed by atoms with Gasteiger partial charge in [-0.15, -0.1) is 0 Å². The maximum Gasteiger partial charge on any atom is 0.337 e. The second kappa shape index (κ2) is 7.31. The van der Waals surface area contributed by atoms with Gasteiger partial charge in [0.15, 0.2) is 0 Å². The summed E-state index contributed by atoms with van der Waals surface area (Å²) in [5.74, 6) is -0.0833. The summed E-state index contributed by atoms with van der Waals surface area (Å²) in [6.45, 7) is 1.43. The van der Waals surface area contributed by atoms with Gasteiger partial charge in [0.2, 0.25) is 0 Å². The molecule has 4 rings (SSSR count). The molecule has 1 aliphatic heterocycles. The zero-order valence-electron chi connectivity index (χ0n) is 15.9. The van der Waals surface area contributed by atoms with E-state index in [2.05, 4.69) is 4.90 Å². The summed E-state index contributed by atoms with van der Waals surface area (Å²) in [5.41, 5.74) is 3.01. The fourth-order valence-electron chi connectivity index (χ4n) is 3.44. The summed E-state index contributed by atoms with van der Waals surface area (Å²) in [6, 6.07) is 17.2. The predicted molar refractivity (Wildman–Crippen MR) is 110 cm³/mol. The van der Waals surface area contributed by atoms with Crippen molar-refractivity contribution < 1.29 is 14.6 Å². The van der Waals surface area contributed by atoms with Crippen LogP contribution in [0.1, 0.15) is 10.4 Å². The molecule has 3 aromatic rings. The van der Waals surface area contributed by atoms with Gasteiger partial charge in [-0.2, -0.15) is 0 Å². The minimum atomic E-state index is -0.931. The highest BCUT2D eigenvalue weighted by Gasteiger charge is 2.31. The smallest absolute Gasteiger partial charge is 0.337 e. The van der Waals surface area contributed by atoms with Crippen LogP contribution in [0.4, 0.5) is 11.4 Å². The van der Waals surface area contributed by atoms with Gasteiger partial charge >= 0.3 is 5.97 Å². The van der Waals surface area contributed by atoms with Crippen LogP contribution in [0.3, 0.4) is 0 Å². The minimum absolute atomic E-state index is 0.0798. The Morgan fingerprint density at radius 3 is 2.32 bits per heavy atom. The lowest BCUT2D eigenvalue weighted by Crippen LogP contribution is -2.54. The maximum atomic E-state index is 11.7. The van der Waals surface area contributed by atoms with Gasteiger partial charge in [-0.25, -0.2) is 4.79 Å². The molecule has 0 saturated carbocycles. The van der Waals surface area contributed by atoms with Gasteiger partial charge in [0.05, 0.1) is 30.0 Å². The molecule has 6 nitrogen and oxygen atoms in total. The molecule has 2 heterocycles. The van der Waals surface area contributed by atoms with E-state index in [1.807, 2.05) is 78.4 Å². The molecule has 0 spiro atoms. The second-order valence-electron chi connectivity index (χ2n) is 7.10. The summed E-state index contributed by atoms with van der Waals surface area (Å²) >= 11 is 0. The summed E-state index contributed by atoms with van der Waals surface area (Å²) < 4.78 is 7.92. The summed E-state index contributed by atoms with van der Waals surface area (Å²) in [6.07, 6.45) is 3.81. The van der Waals surface area contributed by atoms with Crippen LogP contribution in [-0.2, 0) is 0 Å². The Bertz CT molecular complexity index is 959. The largest absolute Gasteiger partial charge is 0.487 e. The Hall–Kier alpha value is -3.41. The number of aromatic nitrogens is 1. The van der Waals surface area contributed by atoms with Crippen LogP contribution in [0.25, 0.3) is 5.69 Å². The van der Waals surface area contributed by atoms with Crippen LogP contribution < -0.4 is 14.5 Å². The van der Waals surface area contributed by atoms with E-state index in [1.165, 1.54) is 0 Å². The Balaban J connectivity index is 1.50. The topological polar surface area (TPSA) is 57.9 Å². The molecule has 1 aromatic heterocycles. The zero-order chi connectivity index (χ0) is 19.7. The van der Waals surface area contributed by atoms with E-state index >= 15 is 0 Å². The van der Waals surface area contributed by atoms with Crippen molar-refractivity contribution >= 4 is 17.3 Å². The highest BCUT2D eigenvalue weighted by atomic mass is 16.5. The van der Waals surface area contributed by atoms with Gasteiger partial charge in [-0.05, 0) is 48.5 Å². The first-order valence-electron chi connectivity index (χ1n) is 9.21. The molecule has 0 atom stereocenters. The number of carboxylic acid groups (broad SMARTS) is 1. The number of nitrogens with zero attached hydrogens (tertiary/aromatic N) is 3. The Morgan fingerprint density at radius 1 is 1.04 bits per heavy atom. The molecule has 0 bridgehead atoms. The number of benzene rings is 2. The third-order valence-corrected chi connectivity index (χ3v) is 4.95. The average molecular weight is 377 g/mol. The Labute approximate surface area is 164 Å². The lowest BCUT2D eigenvalue weighted by atomic mass is 10.1. The van der Waals surface area contributed by atoms with Gasteiger partial charge in [-0.3, -0.25) is 0 Å². The maximum absolute atomic E-state index is 11.7. The lowest BCUT2D eigenvalue weighted by molar-refractivity contribution is 0.0697. The molecule has 144 valence electrons. The SMILES string of the molecule is CN(C)c1ccc(OC2CN(c3cccc(C(=O)O)c3-n3cccc3)C2)cc1. The molecule has 0 radical (unpaired) electrons. The zero-order valence-corrected chi connectivity index (χ0v) is 15.9. The number of para-hydroxylation sites is 1. The molecule has 1 saturated heterocycles. The van der Waals surface area contributed by atoms with Crippen LogP contribution in [-0.4, -0.2) is 48.9 Å². The molecule has 0 amide bonds. The van der Waals surface area contributed by atoms with Gasteiger partial charge in [0.25, 0.3) is 0 Å². The van der Waals surface area contributed by atoms with Crippen molar-refractivity contribution in [3.05, 3.63) is 72.6 Å². The third-order valence-electron chi connectivity index (χ3n) is 4.95. The number of anilines is 2. The van der Waals surface area contributed by atoms with Gasteiger partial charge in [0.1, 0.15) is 11.9 Å². The summed E-state index contributed by atoms with van der Waals surface area (Å²) in [4.78, 5) is 15.9. The quantitative estimate of drug-likeness (QED) is 0.712. The van der Waals surface area contributed by atoms with E-state index in [1.54, 1.807) is 12.1 Å². The van der Waals surface area contributed by atoms with E-state index < -0.39 is 5.97 Å². The van der Waals surface area contributed by atoms with Crippen molar-refractivity contribution in [3.63, 3.8) is 0 Å². The van der Waals surface area contributed by atoms with Gasteiger partial charge < -0.3 is 24.2 Å². The molecule has 1 fully saturated rings. The molecular formula is C22H23N3O3. The van der Waals surface area contributed by atoms with Crippen molar-refractivity contribution in [2.24, 2.45) is 0 Å². The highest BCUT2D eigenvalue weighted by molar-refractivity contribution is 5.95. The van der Waals surface area contributed by atoms with Crippen molar-refractivity contribution in [3.8, 4) is 11.4 Å². The average Bonchev–Trinajstić information content (AvgIpc) is 3.18. The van der Waals surface area contributed by atoms with E-state index in [4.69, 9.17) is 4.74 Å². The first kappa shape index (κ1) is 18.0. The van der Waals surface area contributed by atoms with Crippen LogP contribution in [0.2, 0.25) is 0 Å². The fraction of sp³-hybridized carbons (Fsp3) is 0.227. The predicted octanol–water partition coefficient (Wildman–Crippen LogP) is 3.51. The Morgan fingerprint density at radius 2 is 1.71 bits per heavy atom. The number of ether oxygens (including phenoxy) is 1. The normalized spacial score (nSPS) is 13.9. The number of carbonyl (C=O) groups is 1. The van der Waals surface area contributed by atoms with Gasteiger partial charge in [0, 0.05) is 32.2 Å². The van der Waals surface area contributed by atoms with Crippen LogP contribution >= 0.6 is 0 Å². The number of hydrogen-bond acceptors (Lipinski definition) is 4. The first-order chi connectivity index (χ1) is 13.5. The lowest BCUT2D eigenvalue weighted by Gasteiger charge is -2.41. The Kier molecular flexibility index (Phi) is 4.69. The van der Waals surface area contributed by atoms with E-state index in [9.17, 15) is 9.90 Å². The number of hydrogen-bond donors (Lipinski definition) is 1. The summed E-state index contributed by atoms with van der Waals surface area (Å²) in [7, 11) is 4.01. The van der Waals surface area contributed by atoms with E-state index in [-0.39, 0.29) is 11.7 Å². The van der Waals surface area contributed by atoms with Crippen molar-refractivity contribution in [2.45, 2.75) is 6.10 Å². The van der Waals surface area contributed by atoms with Crippen molar-refractivity contribution in [1.29, 1.82) is 0 Å². The van der Waals surface area contributed by atoms with Crippen molar-refractivity contribution in [1.82, 2.24) is 4.57 Å². The molecule has 0 aliphatic carbocycles. The summed E-state index contributed by atoms with van der Waals surface area (Å²) in [5, 5.41) is 9.61. The van der Waals surface area contributed by atoms with Crippen molar-refractivity contribution in [2.75, 3.05) is 37.0 Å². The number of aromatic carboxylic acids is 1. The molecule has 28 heavy (non-hydrogen) atoms. The van der Waals surface area contributed by atoms with E-state index in [0.717, 1.165) is 17.1 Å². The van der Waals surface area contributed by atoms with Crippen LogP contribution in [0.5, 0.6) is 5.75 Å². The molecule has 6 heteroatoms. The van der Waals surface area contributed by atoms with Crippen LogP contribution in [0.15, 0.2) is 67.0 Å². The second-order valence-corrected chi connectivity index (χ2v) is 7.10. The third kappa shape index (κ3) is 3.41. The van der Waals surface area contributed by atoms with Crippen LogP contribution in [0, 0.1) is 0 Å². The fourth-order valence-corrected chi connectivity index (χ4v) is 3.44. The van der Waals surface area contributed by atoms with Gasteiger partial charge in [-0.1, -0.05) is 6.07 Å². The molecule has 2 aromatic carbocycles. The minimum Gasteiger partial charge on any atom is -0.487 e.